The first kappa shape index (κ1) is 13.4. The number of amides is 1. The van der Waals surface area contributed by atoms with Gasteiger partial charge in [0.2, 0.25) is 5.91 Å². The smallest absolute Gasteiger partial charge is 0.378 e. The van der Waals surface area contributed by atoms with Gasteiger partial charge in [-0.2, -0.15) is 0 Å². The number of ether oxygens (including phenoxy) is 1. The molecule has 8 nitrogen and oxygen atoms in total. The van der Waals surface area contributed by atoms with Gasteiger partial charge in [-0.25, -0.2) is 9.48 Å². The Bertz CT molecular complexity index is 453. The van der Waals surface area contributed by atoms with E-state index in [1.54, 1.807) is 11.8 Å². The number of hydrogen-bond acceptors (Lipinski definition) is 6. The van der Waals surface area contributed by atoms with Gasteiger partial charge in [0.25, 0.3) is 5.82 Å². The molecule has 2 rings (SSSR count). The Balaban J connectivity index is 2.00. The standard InChI is InChI=1S/C11H17N5O3/c1-2-19-11(18)10-12-13-14-16(10)8-9(17)15-6-4-3-5-7-15/h2-8H2,1H3. The number of esters is 1. The molecule has 104 valence electrons. The third-order valence-corrected chi connectivity index (χ3v) is 2.98. The molecule has 19 heavy (non-hydrogen) atoms. The third kappa shape index (κ3) is 3.27. The predicted octanol–water partition coefficient (Wildman–Crippen LogP) is -0.138. The second-order valence-electron chi connectivity index (χ2n) is 4.32. The van der Waals surface area contributed by atoms with Crippen molar-refractivity contribution >= 4 is 11.9 Å². The minimum atomic E-state index is -0.612. The van der Waals surface area contributed by atoms with Gasteiger partial charge in [0.05, 0.1) is 6.61 Å². The quantitative estimate of drug-likeness (QED) is 0.705. The fourth-order valence-corrected chi connectivity index (χ4v) is 2.02. The van der Waals surface area contributed by atoms with E-state index in [2.05, 4.69) is 15.5 Å². The van der Waals surface area contributed by atoms with Crippen LogP contribution in [-0.2, 0) is 16.1 Å². The van der Waals surface area contributed by atoms with Crippen LogP contribution < -0.4 is 0 Å². The molecular formula is C11H17N5O3. The zero-order valence-corrected chi connectivity index (χ0v) is 10.9. The third-order valence-electron chi connectivity index (χ3n) is 2.98. The van der Waals surface area contributed by atoms with Crippen molar-refractivity contribution in [1.82, 2.24) is 25.1 Å². The van der Waals surface area contributed by atoms with Crippen LogP contribution in [0.2, 0.25) is 0 Å². The molecule has 0 aromatic carbocycles. The molecule has 0 N–H and O–H groups in total. The van der Waals surface area contributed by atoms with Crippen LogP contribution >= 0.6 is 0 Å². The molecule has 1 aromatic rings. The molecule has 0 aliphatic carbocycles. The maximum atomic E-state index is 12.1. The van der Waals surface area contributed by atoms with E-state index in [0.29, 0.717) is 0 Å². The molecule has 1 amide bonds. The van der Waals surface area contributed by atoms with E-state index in [1.807, 2.05) is 0 Å². The number of carbonyl (C=O) groups is 2. The van der Waals surface area contributed by atoms with Gasteiger partial charge in [0.1, 0.15) is 6.54 Å². The molecule has 8 heteroatoms. The number of hydrogen-bond donors (Lipinski definition) is 0. The number of tetrazole rings is 1. The van der Waals surface area contributed by atoms with E-state index < -0.39 is 5.97 Å². The van der Waals surface area contributed by atoms with Gasteiger partial charge in [0.15, 0.2) is 0 Å². The van der Waals surface area contributed by atoms with Crippen LogP contribution in [0.4, 0.5) is 0 Å². The van der Waals surface area contributed by atoms with Crippen molar-refractivity contribution in [1.29, 1.82) is 0 Å². The molecule has 0 saturated carbocycles. The summed E-state index contributed by atoms with van der Waals surface area (Å²) < 4.78 is 6.02. The Labute approximate surface area is 110 Å². The Kier molecular flexibility index (Phi) is 4.43. The van der Waals surface area contributed by atoms with Gasteiger partial charge in [0, 0.05) is 13.1 Å². The molecular weight excluding hydrogens is 250 g/mol. The van der Waals surface area contributed by atoms with Crippen molar-refractivity contribution < 1.29 is 14.3 Å². The van der Waals surface area contributed by atoms with Crippen molar-refractivity contribution in [3.63, 3.8) is 0 Å². The van der Waals surface area contributed by atoms with E-state index in [9.17, 15) is 9.59 Å². The lowest BCUT2D eigenvalue weighted by Gasteiger charge is -2.26. The van der Waals surface area contributed by atoms with Crippen LogP contribution in [0, 0.1) is 0 Å². The molecule has 0 bridgehead atoms. The maximum absolute atomic E-state index is 12.1. The monoisotopic (exact) mass is 267 g/mol. The zero-order valence-electron chi connectivity index (χ0n) is 10.9. The summed E-state index contributed by atoms with van der Waals surface area (Å²) in [4.78, 5) is 25.4. The topological polar surface area (TPSA) is 90.2 Å². The van der Waals surface area contributed by atoms with Crippen LogP contribution in [0.1, 0.15) is 36.8 Å². The number of carbonyl (C=O) groups excluding carboxylic acids is 2. The highest BCUT2D eigenvalue weighted by Crippen LogP contribution is 2.09. The van der Waals surface area contributed by atoms with Gasteiger partial charge in [-0.05, 0) is 36.6 Å². The average Bonchev–Trinajstić information content (AvgIpc) is 2.88. The first-order chi connectivity index (χ1) is 9.22. The number of piperidine rings is 1. The van der Waals surface area contributed by atoms with Crippen molar-refractivity contribution in [2.24, 2.45) is 0 Å². The summed E-state index contributed by atoms with van der Waals surface area (Å²) in [5.41, 5.74) is 0. The van der Waals surface area contributed by atoms with Crippen LogP contribution in [-0.4, -0.2) is 56.7 Å². The zero-order chi connectivity index (χ0) is 13.7. The van der Waals surface area contributed by atoms with Crippen molar-refractivity contribution in [2.45, 2.75) is 32.7 Å². The van der Waals surface area contributed by atoms with Gasteiger partial charge in [-0.3, -0.25) is 4.79 Å². The van der Waals surface area contributed by atoms with E-state index in [0.717, 1.165) is 32.4 Å². The minimum Gasteiger partial charge on any atom is -0.460 e. The second kappa shape index (κ2) is 6.26. The van der Waals surface area contributed by atoms with Crippen molar-refractivity contribution in [3.8, 4) is 0 Å². The van der Waals surface area contributed by atoms with Crippen molar-refractivity contribution in [2.75, 3.05) is 19.7 Å². The van der Waals surface area contributed by atoms with Gasteiger partial charge in [-0.1, -0.05) is 0 Å². The summed E-state index contributed by atoms with van der Waals surface area (Å²) in [6, 6.07) is 0. The molecule has 0 atom stereocenters. The summed E-state index contributed by atoms with van der Waals surface area (Å²) in [5, 5.41) is 10.7. The molecule has 1 saturated heterocycles. The number of rotatable bonds is 4. The second-order valence-corrected chi connectivity index (χ2v) is 4.32. The lowest BCUT2D eigenvalue weighted by Crippen LogP contribution is -2.38. The van der Waals surface area contributed by atoms with Gasteiger partial charge in [-0.15, -0.1) is 5.10 Å². The molecule has 0 radical (unpaired) electrons. The van der Waals surface area contributed by atoms with Crippen LogP contribution in [0.15, 0.2) is 0 Å². The molecule has 2 heterocycles. The maximum Gasteiger partial charge on any atom is 0.378 e. The van der Waals surface area contributed by atoms with Crippen LogP contribution in [0.25, 0.3) is 0 Å². The Morgan fingerprint density at radius 2 is 2.00 bits per heavy atom. The van der Waals surface area contributed by atoms with E-state index in [4.69, 9.17) is 4.74 Å². The van der Waals surface area contributed by atoms with Crippen LogP contribution in [0.5, 0.6) is 0 Å². The Hall–Kier alpha value is -1.99. The van der Waals surface area contributed by atoms with Gasteiger partial charge >= 0.3 is 5.97 Å². The highest BCUT2D eigenvalue weighted by atomic mass is 16.5. The molecule has 1 aliphatic rings. The summed E-state index contributed by atoms with van der Waals surface area (Å²) in [6.07, 6.45) is 3.20. The minimum absolute atomic E-state index is 0.0266. The predicted molar refractivity (Wildman–Crippen MR) is 64.2 cm³/mol. The number of likely N-dealkylation sites (tertiary alicyclic amines) is 1. The summed E-state index contributed by atoms with van der Waals surface area (Å²) in [5.74, 6) is -0.719. The van der Waals surface area contributed by atoms with Gasteiger partial charge < -0.3 is 9.64 Å². The summed E-state index contributed by atoms with van der Waals surface area (Å²) in [7, 11) is 0. The fourth-order valence-electron chi connectivity index (χ4n) is 2.02. The first-order valence-corrected chi connectivity index (χ1v) is 6.43. The lowest BCUT2D eigenvalue weighted by atomic mass is 10.1. The fraction of sp³-hybridized carbons (Fsp3) is 0.727. The lowest BCUT2D eigenvalue weighted by molar-refractivity contribution is -0.132. The molecule has 0 unspecified atom stereocenters. The average molecular weight is 267 g/mol. The molecule has 1 aromatic heterocycles. The Morgan fingerprint density at radius 3 is 2.68 bits per heavy atom. The van der Waals surface area contributed by atoms with E-state index in [1.165, 1.54) is 4.68 Å². The van der Waals surface area contributed by atoms with E-state index >= 15 is 0 Å². The molecule has 1 aliphatic heterocycles. The molecule has 0 spiro atoms. The molecule has 1 fully saturated rings. The number of aromatic nitrogens is 4. The Morgan fingerprint density at radius 1 is 1.26 bits per heavy atom. The normalized spacial score (nSPS) is 15.3. The highest BCUT2D eigenvalue weighted by Gasteiger charge is 2.22. The van der Waals surface area contributed by atoms with Crippen LogP contribution in [0.3, 0.4) is 0 Å². The highest BCUT2D eigenvalue weighted by molar-refractivity contribution is 5.86. The first-order valence-electron chi connectivity index (χ1n) is 6.43. The SMILES string of the molecule is CCOC(=O)c1nnnn1CC(=O)N1CCCCC1. The summed E-state index contributed by atoms with van der Waals surface area (Å²) >= 11 is 0. The largest absolute Gasteiger partial charge is 0.460 e. The van der Waals surface area contributed by atoms with Crippen molar-refractivity contribution in [3.05, 3.63) is 5.82 Å². The summed E-state index contributed by atoms with van der Waals surface area (Å²) in [6.45, 7) is 3.43. The number of nitrogens with zero attached hydrogens (tertiary/aromatic N) is 5. The van der Waals surface area contributed by atoms with E-state index in [-0.39, 0.29) is 24.9 Å².